The SMILES string of the molecule is CC(CCc1ccccc1)CC(=O)N1CCCC(c2nc(-c3cccc(F)c3)no2)C1. The van der Waals surface area contributed by atoms with Crippen LogP contribution in [0.4, 0.5) is 4.39 Å². The lowest BCUT2D eigenvalue weighted by Gasteiger charge is -2.31. The molecular formula is C25H28FN3O2. The van der Waals surface area contributed by atoms with Gasteiger partial charge in [0.15, 0.2) is 0 Å². The van der Waals surface area contributed by atoms with Gasteiger partial charge in [0.05, 0.1) is 5.92 Å². The highest BCUT2D eigenvalue weighted by Crippen LogP contribution is 2.28. The number of piperidine rings is 1. The van der Waals surface area contributed by atoms with E-state index in [4.69, 9.17) is 4.52 Å². The molecule has 1 aliphatic heterocycles. The first-order chi connectivity index (χ1) is 15.1. The minimum Gasteiger partial charge on any atom is -0.342 e. The van der Waals surface area contributed by atoms with Crippen molar-refractivity contribution < 1.29 is 13.7 Å². The molecule has 4 rings (SSSR count). The summed E-state index contributed by atoms with van der Waals surface area (Å²) in [5.41, 5.74) is 1.90. The van der Waals surface area contributed by atoms with E-state index < -0.39 is 0 Å². The van der Waals surface area contributed by atoms with Crippen LogP contribution >= 0.6 is 0 Å². The van der Waals surface area contributed by atoms with Crippen molar-refractivity contribution in [2.45, 2.75) is 44.9 Å². The summed E-state index contributed by atoms with van der Waals surface area (Å²) in [7, 11) is 0. The van der Waals surface area contributed by atoms with E-state index in [1.807, 2.05) is 11.0 Å². The fourth-order valence-corrected chi connectivity index (χ4v) is 4.14. The summed E-state index contributed by atoms with van der Waals surface area (Å²) in [5, 5.41) is 4.02. The summed E-state index contributed by atoms with van der Waals surface area (Å²) >= 11 is 0. The van der Waals surface area contributed by atoms with E-state index in [0.717, 1.165) is 32.2 Å². The molecule has 2 heterocycles. The highest BCUT2D eigenvalue weighted by atomic mass is 19.1. The number of hydrogen-bond donors (Lipinski definition) is 0. The first-order valence-corrected chi connectivity index (χ1v) is 11.0. The molecule has 0 saturated carbocycles. The molecule has 2 aromatic carbocycles. The number of carbonyl (C=O) groups is 1. The van der Waals surface area contributed by atoms with Crippen molar-refractivity contribution in [1.29, 1.82) is 0 Å². The summed E-state index contributed by atoms with van der Waals surface area (Å²) in [6, 6.07) is 16.5. The molecular weight excluding hydrogens is 393 g/mol. The average molecular weight is 422 g/mol. The second kappa shape index (κ2) is 9.86. The number of likely N-dealkylation sites (tertiary alicyclic amines) is 1. The summed E-state index contributed by atoms with van der Waals surface area (Å²) in [5.74, 6) is 1.11. The third-order valence-electron chi connectivity index (χ3n) is 5.94. The Morgan fingerprint density at radius 3 is 2.87 bits per heavy atom. The predicted octanol–water partition coefficient (Wildman–Crippen LogP) is 5.24. The van der Waals surface area contributed by atoms with Crippen LogP contribution in [0.3, 0.4) is 0 Å². The lowest BCUT2D eigenvalue weighted by Crippen LogP contribution is -2.39. The van der Waals surface area contributed by atoms with Crippen molar-refractivity contribution in [3.8, 4) is 11.4 Å². The molecule has 0 bridgehead atoms. The molecule has 0 aliphatic carbocycles. The molecule has 5 nitrogen and oxygen atoms in total. The largest absolute Gasteiger partial charge is 0.342 e. The van der Waals surface area contributed by atoms with Gasteiger partial charge in [-0.05, 0) is 49.3 Å². The van der Waals surface area contributed by atoms with E-state index in [9.17, 15) is 9.18 Å². The fourth-order valence-electron chi connectivity index (χ4n) is 4.14. The van der Waals surface area contributed by atoms with E-state index in [1.165, 1.54) is 17.7 Å². The summed E-state index contributed by atoms with van der Waals surface area (Å²) < 4.78 is 19.0. The van der Waals surface area contributed by atoms with Crippen molar-refractivity contribution in [2.75, 3.05) is 13.1 Å². The maximum atomic E-state index is 13.5. The van der Waals surface area contributed by atoms with E-state index in [0.29, 0.717) is 36.2 Å². The lowest BCUT2D eigenvalue weighted by molar-refractivity contribution is -0.133. The lowest BCUT2D eigenvalue weighted by atomic mass is 9.95. The Hall–Kier alpha value is -3.02. The van der Waals surface area contributed by atoms with Gasteiger partial charge in [0, 0.05) is 25.1 Å². The second-order valence-corrected chi connectivity index (χ2v) is 8.48. The Morgan fingerprint density at radius 1 is 1.23 bits per heavy atom. The Kier molecular flexibility index (Phi) is 6.75. The van der Waals surface area contributed by atoms with Gasteiger partial charge in [0.25, 0.3) is 0 Å². The van der Waals surface area contributed by atoms with Gasteiger partial charge >= 0.3 is 0 Å². The zero-order chi connectivity index (χ0) is 21.6. The van der Waals surface area contributed by atoms with Crippen LogP contribution in [0.1, 0.15) is 50.0 Å². The number of aryl methyl sites for hydroxylation is 1. The third-order valence-corrected chi connectivity index (χ3v) is 5.94. The van der Waals surface area contributed by atoms with Crippen LogP contribution in [0.25, 0.3) is 11.4 Å². The Labute approximate surface area is 182 Å². The smallest absolute Gasteiger partial charge is 0.231 e. The van der Waals surface area contributed by atoms with E-state index >= 15 is 0 Å². The molecule has 162 valence electrons. The quantitative estimate of drug-likeness (QED) is 0.523. The maximum absolute atomic E-state index is 13.5. The van der Waals surface area contributed by atoms with Gasteiger partial charge in [-0.1, -0.05) is 54.5 Å². The van der Waals surface area contributed by atoms with Crippen LogP contribution < -0.4 is 0 Å². The second-order valence-electron chi connectivity index (χ2n) is 8.48. The molecule has 1 aromatic heterocycles. The molecule has 0 N–H and O–H groups in total. The molecule has 6 heteroatoms. The standard InChI is InChI=1S/C25H28FN3O2/c1-18(12-13-19-7-3-2-4-8-19)15-23(30)29-14-6-10-21(17-29)25-27-24(28-31-25)20-9-5-11-22(26)16-20/h2-5,7-9,11,16,18,21H,6,10,12-15,17H2,1H3. The number of carbonyl (C=O) groups excluding carboxylic acids is 1. The minimum atomic E-state index is -0.334. The summed E-state index contributed by atoms with van der Waals surface area (Å²) in [4.78, 5) is 19.3. The number of halogens is 1. The Morgan fingerprint density at radius 2 is 2.06 bits per heavy atom. The van der Waals surface area contributed by atoms with Crippen molar-refractivity contribution >= 4 is 5.91 Å². The summed E-state index contributed by atoms with van der Waals surface area (Å²) in [6.07, 6.45) is 4.35. The highest BCUT2D eigenvalue weighted by Gasteiger charge is 2.29. The number of hydrogen-bond acceptors (Lipinski definition) is 4. The molecule has 31 heavy (non-hydrogen) atoms. The zero-order valence-corrected chi connectivity index (χ0v) is 17.8. The van der Waals surface area contributed by atoms with Crippen LogP contribution in [0, 0.1) is 11.7 Å². The first kappa shape index (κ1) is 21.2. The van der Waals surface area contributed by atoms with E-state index in [1.54, 1.807) is 12.1 Å². The van der Waals surface area contributed by atoms with Crippen LogP contribution in [0.2, 0.25) is 0 Å². The van der Waals surface area contributed by atoms with Gasteiger partial charge in [0.1, 0.15) is 5.82 Å². The normalized spacial score (nSPS) is 17.5. The van der Waals surface area contributed by atoms with Crippen molar-refractivity contribution in [2.24, 2.45) is 5.92 Å². The van der Waals surface area contributed by atoms with Gasteiger partial charge in [-0.2, -0.15) is 4.98 Å². The molecule has 1 aliphatic rings. The monoisotopic (exact) mass is 421 g/mol. The number of amides is 1. The third kappa shape index (κ3) is 5.57. The maximum Gasteiger partial charge on any atom is 0.231 e. The van der Waals surface area contributed by atoms with Crippen LogP contribution in [0.15, 0.2) is 59.1 Å². The van der Waals surface area contributed by atoms with Gasteiger partial charge < -0.3 is 9.42 Å². The number of benzene rings is 2. The topological polar surface area (TPSA) is 59.2 Å². The van der Waals surface area contributed by atoms with Crippen molar-refractivity contribution in [1.82, 2.24) is 15.0 Å². The van der Waals surface area contributed by atoms with Crippen LogP contribution in [0.5, 0.6) is 0 Å². The fraction of sp³-hybridized carbons (Fsp3) is 0.400. The molecule has 1 amide bonds. The van der Waals surface area contributed by atoms with Crippen LogP contribution in [-0.4, -0.2) is 34.0 Å². The van der Waals surface area contributed by atoms with Crippen molar-refractivity contribution in [3.05, 3.63) is 71.9 Å². The minimum absolute atomic E-state index is 0.0205. The molecule has 3 aromatic rings. The van der Waals surface area contributed by atoms with Crippen LogP contribution in [-0.2, 0) is 11.2 Å². The van der Waals surface area contributed by atoms with E-state index in [-0.39, 0.29) is 17.6 Å². The number of nitrogens with zero attached hydrogens (tertiary/aromatic N) is 3. The summed E-state index contributed by atoms with van der Waals surface area (Å²) in [6.45, 7) is 3.51. The van der Waals surface area contributed by atoms with E-state index in [2.05, 4.69) is 41.3 Å². The number of aromatic nitrogens is 2. The zero-order valence-electron chi connectivity index (χ0n) is 17.8. The molecule has 2 unspecified atom stereocenters. The Bertz CT molecular complexity index is 1000. The van der Waals surface area contributed by atoms with Gasteiger partial charge in [-0.25, -0.2) is 4.39 Å². The molecule has 1 saturated heterocycles. The highest BCUT2D eigenvalue weighted by molar-refractivity contribution is 5.76. The van der Waals surface area contributed by atoms with Crippen molar-refractivity contribution in [3.63, 3.8) is 0 Å². The van der Waals surface area contributed by atoms with Gasteiger partial charge in [-0.15, -0.1) is 0 Å². The molecule has 0 radical (unpaired) electrons. The molecule has 2 atom stereocenters. The van der Waals surface area contributed by atoms with Gasteiger partial charge in [0.2, 0.25) is 17.6 Å². The predicted molar refractivity (Wildman–Crippen MR) is 117 cm³/mol. The molecule has 1 fully saturated rings. The Balaban J connectivity index is 1.32. The number of rotatable bonds is 7. The first-order valence-electron chi connectivity index (χ1n) is 11.0. The average Bonchev–Trinajstić information content (AvgIpc) is 3.29. The molecule has 0 spiro atoms. The van der Waals surface area contributed by atoms with Gasteiger partial charge in [-0.3, -0.25) is 4.79 Å².